The minimum absolute atomic E-state index is 0.180. The van der Waals surface area contributed by atoms with Crippen LogP contribution in [0.15, 0.2) is 17.5 Å². The van der Waals surface area contributed by atoms with E-state index < -0.39 is 0 Å². The molecule has 1 saturated heterocycles. The Morgan fingerprint density at radius 3 is 2.92 bits per heavy atom. The Kier molecular flexibility index (Phi) is 2.47. The average Bonchev–Trinajstić information content (AvgIpc) is 2.51. The van der Waals surface area contributed by atoms with Crippen molar-refractivity contribution >= 4 is 17.1 Å². The summed E-state index contributed by atoms with van der Waals surface area (Å²) in [6, 6.07) is 3.85. The highest BCUT2D eigenvalue weighted by atomic mass is 32.1. The Balaban J connectivity index is 2.04. The second-order valence-electron chi connectivity index (χ2n) is 3.55. The number of ketones is 1. The van der Waals surface area contributed by atoms with E-state index in [1.54, 1.807) is 11.3 Å². The molecule has 1 aromatic rings. The lowest BCUT2D eigenvalue weighted by atomic mass is 9.85. The van der Waals surface area contributed by atoms with E-state index in [1.807, 2.05) is 24.4 Å². The Bertz CT molecular complexity index is 290. The molecule has 1 N–H and O–H groups in total. The van der Waals surface area contributed by atoms with Crippen molar-refractivity contribution in [2.75, 3.05) is 13.1 Å². The number of rotatable bonds is 3. The predicted octanol–water partition coefficient (Wildman–Crippen LogP) is 1.79. The molecule has 1 unspecified atom stereocenters. The van der Waals surface area contributed by atoms with Gasteiger partial charge in [0.25, 0.3) is 0 Å². The number of carbonyl (C=O) groups excluding carboxylic acids is 1. The smallest absolute Gasteiger partial charge is 0.175 e. The molecule has 13 heavy (non-hydrogen) atoms. The number of hydrogen-bond donors (Lipinski definition) is 1. The largest absolute Gasteiger partial charge is 0.316 e. The molecule has 1 aromatic heterocycles. The summed E-state index contributed by atoms with van der Waals surface area (Å²) in [5.74, 6) is 1.04. The highest BCUT2D eigenvalue weighted by molar-refractivity contribution is 7.12. The lowest BCUT2D eigenvalue weighted by molar-refractivity contribution is 0.0858. The van der Waals surface area contributed by atoms with Crippen molar-refractivity contribution in [1.82, 2.24) is 5.32 Å². The van der Waals surface area contributed by atoms with Gasteiger partial charge in [0, 0.05) is 5.92 Å². The van der Waals surface area contributed by atoms with Crippen LogP contribution in [0.2, 0.25) is 0 Å². The number of nitrogens with one attached hydrogen (secondary N) is 1. The van der Waals surface area contributed by atoms with Gasteiger partial charge in [-0.05, 0) is 30.5 Å². The predicted molar refractivity (Wildman–Crippen MR) is 54.2 cm³/mol. The molecule has 0 saturated carbocycles. The third-order valence-electron chi connectivity index (χ3n) is 2.70. The summed E-state index contributed by atoms with van der Waals surface area (Å²) >= 11 is 1.54. The molecule has 0 radical (unpaired) electrons. The summed E-state index contributed by atoms with van der Waals surface area (Å²) in [6.07, 6.45) is 0. The normalized spacial score (nSPS) is 19.5. The molecular weight excluding hydrogens is 182 g/mol. The van der Waals surface area contributed by atoms with Crippen LogP contribution in [0.25, 0.3) is 0 Å². The zero-order valence-electron chi connectivity index (χ0n) is 7.62. The summed E-state index contributed by atoms with van der Waals surface area (Å²) in [7, 11) is 0. The summed E-state index contributed by atoms with van der Waals surface area (Å²) in [6.45, 7) is 4.03. The zero-order chi connectivity index (χ0) is 9.26. The third-order valence-corrected chi connectivity index (χ3v) is 3.58. The van der Waals surface area contributed by atoms with E-state index in [9.17, 15) is 4.79 Å². The van der Waals surface area contributed by atoms with Crippen LogP contribution in [0.5, 0.6) is 0 Å². The van der Waals surface area contributed by atoms with Gasteiger partial charge in [-0.3, -0.25) is 4.79 Å². The molecule has 3 heteroatoms. The second-order valence-corrected chi connectivity index (χ2v) is 4.50. The number of hydrogen-bond acceptors (Lipinski definition) is 3. The first-order chi connectivity index (χ1) is 6.29. The van der Waals surface area contributed by atoms with Crippen molar-refractivity contribution in [2.45, 2.75) is 6.92 Å². The number of Topliss-reactive ketones (excluding diaryl/α,β-unsaturated/α-hetero) is 1. The molecule has 0 spiro atoms. The first-order valence-electron chi connectivity index (χ1n) is 4.57. The summed E-state index contributed by atoms with van der Waals surface area (Å²) in [5, 5.41) is 5.15. The Morgan fingerprint density at radius 2 is 2.46 bits per heavy atom. The molecule has 0 bridgehead atoms. The van der Waals surface area contributed by atoms with Crippen molar-refractivity contribution in [2.24, 2.45) is 11.8 Å². The molecule has 2 nitrogen and oxygen atoms in total. The molecule has 2 rings (SSSR count). The van der Waals surface area contributed by atoms with Gasteiger partial charge in [0.2, 0.25) is 0 Å². The van der Waals surface area contributed by atoms with Crippen LogP contribution < -0.4 is 5.32 Å². The van der Waals surface area contributed by atoms with Crippen molar-refractivity contribution < 1.29 is 4.79 Å². The van der Waals surface area contributed by atoms with Gasteiger partial charge in [-0.25, -0.2) is 0 Å². The van der Waals surface area contributed by atoms with Crippen LogP contribution >= 0.6 is 11.3 Å². The van der Waals surface area contributed by atoms with E-state index in [1.165, 1.54) is 0 Å². The maximum absolute atomic E-state index is 11.8. The molecule has 2 heterocycles. The maximum atomic E-state index is 11.8. The molecule has 0 amide bonds. The van der Waals surface area contributed by atoms with Crippen LogP contribution in [0.3, 0.4) is 0 Å². The van der Waals surface area contributed by atoms with Crippen molar-refractivity contribution in [1.29, 1.82) is 0 Å². The molecule has 0 aliphatic carbocycles. The van der Waals surface area contributed by atoms with Gasteiger partial charge in [-0.2, -0.15) is 0 Å². The summed E-state index contributed by atoms with van der Waals surface area (Å²) < 4.78 is 0. The monoisotopic (exact) mass is 195 g/mol. The standard InChI is InChI=1S/C10H13NOS/c1-7(8-5-11-6-8)10(12)9-3-2-4-13-9/h2-4,7-8,11H,5-6H2,1H3. The molecule has 1 aliphatic heterocycles. The quantitative estimate of drug-likeness (QED) is 0.745. The van der Waals surface area contributed by atoms with Gasteiger partial charge < -0.3 is 5.32 Å². The van der Waals surface area contributed by atoms with E-state index >= 15 is 0 Å². The van der Waals surface area contributed by atoms with Gasteiger partial charge in [0.05, 0.1) is 4.88 Å². The van der Waals surface area contributed by atoms with Crippen LogP contribution in [0.1, 0.15) is 16.6 Å². The second kappa shape index (κ2) is 3.60. The van der Waals surface area contributed by atoms with E-state index in [2.05, 4.69) is 5.32 Å². The topological polar surface area (TPSA) is 29.1 Å². The minimum atomic E-state index is 0.180. The Hall–Kier alpha value is -0.670. The highest BCUT2D eigenvalue weighted by Gasteiger charge is 2.29. The van der Waals surface area contributed by atoms with E-state index in [0.717, 1.165) is 18.0 Å². The molecule has 0 aromatic carbocycles. The van der Waals surface area contributed by atoms with E-state index in [0.29, 0.717) is 11.7 Å². The zero-order valence-corrected chi connectivity index (χ0v) is 8.43. The number of thiophene rings is 1. The van der Waals surface area contributed by atoms with Gasteiger partial charge >= 0.3 is 0 Å². The first-order valence-corrected chi connectivity index (χ1v) is 5.45. The molecule has 70 valence electrons. The van der Waals surface area contributed by atoms with Crippen LogP contribution in [0.4, 0.5) is 0 Å². The Labute approximate surface area is 82.0 Å². The van der Waals surface area contributed by atoms with E-state index in [4.69, 9.17) is 0 Å². The molecule has 1 fully saturated rings. The lowest BCUT2D eigenvalue weighted by Gasteiger charge is -2.31. The fourth-order valence-corrected chi connectivity index (χ4v) is 2.28. The molecular formula is C10H13NOS. The maximum Gasteiger partial charge on any atom is 0.175 e. The molecule has 1 aliphatic rings. The van der Waals surface area contributed by atoms with Gasteiger partial charge in [0.15, 0.2) is 5.78 Å². The fraction of sp³-hybridized carbons (Fsp3) is 0.500. The van der Waals surface area contributed by atoms with Gasteiger partial charge in [0.1, 0.15) is 0 Å². The van der Waals surface area contributed by atoms with Crippen molar-refractivity contribution in [3.05, 3.63) is 22.4 Å². The molecule has 1 atom stereocenters. The average molecular weight is 195 g/mol. The summed E-state index contributed by atoms with van der Waals surface area (Å²) in [4.78, 5) is 12.7. The minimum Gasteiger partial charge on any atom is -0.316 e. The lowest BCUT2D eigenvalue weighted by Crippen LogP contribution is -2.47. The van der Waals surface area contributed by atoms with Gasteiger partial charge in [-0.15, -0.1) is 11.3 Å². The number of carbonyl (C=O) groups is 1. The third kappa shape index (κ3) is 1.67. The Morgan fingerprint density at radius 1 is 1.69 bits per heavy atom. The van der Waals surface area contributed by atoms with Crippen LogP contribution in [-0.2, 0) is 0 Å². The fourth-order valence-electron chi connectivity index (χ4n) is 1.52. The van der Waals surface area contributed by atoms with E-state index in [-0.39, 0.29) is 5.92 Å². The van der Waals surface area contributed by atoms with Crippen molar-refractivity contribution in [3.63, 3.8) is 0 Å². The first kappa shape index (κ1) is 8.91. The highest BCUT2D eigenvalue weighted by Crippen LogP contribution is 2.22. The van der Waals surface area contributed by atoms with Gasteiger partial charge in [-0.1, -0.05) is 13.0 Å². The SMILES string of the molecule is CC(C(=O)c1cccs1)C1CNC1. The van der Waals surface area contributed by atoms with Crippen molar-refractivity contribution in [3.8, 4) is 0 Å². The summed E-state index contributed by atoms with van der Waals surface area (Å²) in [5.41, 5.74) is 0. The van der Waals surface area contributed by atoms with Crippen LogP contribution in [-0.4, -0.2) is 18.9 Å². The van der Waals surface area contributed by atoms with Crippen LogP contribution in [0, 0.1) is 11.8 Å².